The second kappa shape index (κ2) is 4.61. The van der Waals surface area contributed by atoms with Gasteiger partial charge in [0.25, 0.3) is 0 Å². The number of hydrogen-bond donors (Lipinski definition) is 2. The molecule has 6 heteroatoms. The number of thiazole rings is 1. The molecule has 5 nitrogen and oxygen atoms in total. The number of hydrogen-bond acceptors (Lipinski definition) is 5. The summed E-state index contributed by atoms with van der Waals surface area (Å²) < 4.78 is 0. The van der Waals surface area contributed by atoms with Gasteiger partial charge < -0.3 is 5.32 Å². The highest BCUT2D eigenvalue weighted by Gasteiger charge is 2.26. The Kier molecular flexibility index (Phi) is 3.19. The van der Waals surface area contributed by atoms with Crippen molar-refractivity contribution in [1.82, 2.24) is 10.3 Å². The number of carbonyl (C=O) groups is 2. The van der Waals surface area contributed by atoms with Crippen molar-refractivity contribution in [3.05, 3.63) is 11.1 Å². The first-order chi connectivity index (χ1) is 7.69. The van der Waals surface area contributed by atoms with Crippen LogP contribution in [0.5, 0.6) is 0 Å². The molecule has 2 amide bonds. The Balaban J connectivity index is 1.99. The van der Waals surface area contributed by atoms with Gasteiger partial charge in [0, 0.05) is 11.8 Å². The van der Waals surface area contributed by atoms with Gasteiger partial charge >= 0.3 is 0 Å². The predicted octanol–water partition coefficient (Wildman–Crippen LogP) is 0.923. The molecule has 1 aliphatic heterocycles. The number of piperidine rings is 1. The lowest BCUT2D eigenvalue weighted by molar-refractivity contribution is -0.133. The minimum atomic E-state index is -0.339. The van der Waals surface area contributed by atoms with Crippen molar-refractivity contribution in [3.63, 3.8) is 0 Å². The molecule has 0 bridgehead atoms. The minimum Gasteiger partial charge on any atom is -0.350 e. The molecule has 2 rings (SSSR count). The van der Waals surface area contributed by atoms with Crippen molar-refractivity contribution in [2.24, 2.45) is 0 Å². The zero-order valence-corrected chi connectivity index (χ0v) is 9.76. The van der Waals surface area contributed by atoms with Gasteiger partial charge in [-0.25, -0.2) is 4.98 Å². The number of anilines is 1. The number of imide groups is 1. The summed E-state index contributed by atoms with van der Waals surface area (Å²) in [5.41, 5.74) is 1.01. The quantitative estimate of drug-likeness (QED) is 0.769. The Morgan fingerprint density at radius 1 is 1.62 bits per heavy atom. The lowest BCUT2D eigenvalue weighted by atomic mass is 10.1. The third kappa shape index (κ3) is 2.38. The van der Waals surface area contributed by atoms with E-state index in [0.29, 0.717) is 12.8 Å². The molecule has 1 aromatic heterocycles. The molecule has 1 aliphatic rings. The van der Waals surface area contributed by atoms with E-state index in [1.54, 1.807) is 0 Å². The molecule has 0 aromatic carbocycles. The van der Waals surface area contributed by atoms with Gasteiger partial charge in [0.1, 0.15) is 6.04 Å². The molecule has 1 fully saturated rings. The maximum atomic E-state index is 11.5. The van der Waals surface area contributed by atoms with Crippen LogP contribution in [0.25, 0.3) is 0 Å². The largest absolute Gasteiger partial charge is 0.350 e. The van der Waals surface area contributed by atoms with Gasteiger partial charge in [0.05, 0.1) is 5.69 Å². The van der Waals surface area contributed by atoms with Crippen molar-refractivity contribution in [3.8, 4) is 0 Å². The highest BCUT2D eigenvalue weighted by atomic mass is 32.1. The minimum absolute atomic E-state index is 0.198. The number of amides is 2. The van der Waals surface area contributed by atoms with Crippen LogP contribution < -0.4 is 10.6 Å². The fourth-order valence-electron chi connectivity index (χ4n) is 1.52. The van der Waals surface area contributed by atoms with Crippen LogP contribution in [0.3, 0.4) is 0 Å². The van der Waals surface area contributed by atoms with E-state index in [-0.39, 0.29) is 17.9 Å². The molecular weight excluding hydrogens is 226 g/mol. The predicted molar refractivity (Wildman–Crippen MR) is 61.3 cm³/mol. The van der Waals surface area contributed by atoms with Crippen LogP contribution in [0.2, 0.25) is 0 Å². The summed E-state index contributed by atoms with van der Waals surface area (Å²) >= 11 is 1.48. The summed E-state index contributed by atoms with van der Waals surface area (Å²) in [6.45, 7) is 2.03. The van der Waals surface area contributed by atoms with E-state index < -0.39 is 0 Å². The third-order valence-electron chi connectivity index (χ3n) is 2.45. The summed E-state index contributed by atoms with van der Waals surface area (Å²) in [4.78, 5) is 26.7. The molecule has 0 radical (unpaired) electrons. The zero-order valence-electron chi connectivity index (χ0n) is 8.95. The van der Waals surface area contributed by atoms with Gasteiger partial charge in [-0.1, -0.05) is 6.92 Å². The van der Waals surface area contributed by atoms with Gasteiger partial charge in [0.2, 0.25) is 11.8 Å². The zero-order chi connectivity index (χ0) is 11.5. The van der Waals surface area contributed by atoms with Crippen molar-refractivity contribution in [1.29, 1.82) is 0 Å². The second-order valence-electron chi connectivity index (χ2n) is 3.65. The normalized spacial score (nSPS) is 20.7. The molecule has 2 heterocycles. The number of aromatic nitrogens is 1. The molecular formula is C10H13N3O2S. The number of aryl methyl sites for hydroxylation is 1. The number of nitrogens with zero attached hydrogens (tertiary/aromatic N) is 1. The van der Waals surface area contributed by atoms with Gasteiger partial charge in [-0.3, -0.25) is 14.9 Å². The van der Waals surface area contributed by atoms with Crippen LogP contribution in [0.15, 0.2) is 5.38 Å². The molecule has 86 valence electrons. The standard InChI is InChI=1S/C10H13N3O2S/c1-2-6-5-16-10(11-6)12-7-3-4-8(14)13-9(7)15/h5,7H,2-4H2,1H3,(H,11,12)(H,13,14,15). The monoisotopic (exact) mass is 239 g/mol. The number of rotatable bonds is 3. The molecule has 0 saturated carbocycles. The van der Waals surface area contributed by atoms with E-state index >= 15 is 0 Å². The van der Waals surface area contributed by atoms with Crippen LogP contribution >= 0.6 is 11.3 Å². The average molecular weight is 239 g/mol. The van der Waals surface area contributed by atoms with Gasteiger partial charge in [0.15, 0.2) is 5.13 Å². The van der Waals surface area contributed by atoms with Crippen LogP contribution in [-0.4, -0.2) is 22.8 Å². The molecule has 2 N–H and O–H groups in total. The highest BCUT2D eigenvalue weighted by Crippen LogP contribution is 2.18. The van der Waals surface area contributed by atoms with Crippen LogP contribution in [0.1, 0.15) is 25.5 Å². The molecule has 1 saturated heterocycles. The van der Waals surface area contributed by atoms with E-state index in [1.807, 2.05) is 12.3 Å². The molecule has 0 spiro atoms. The van der Waals surface area contributed by atoms with E-state index in [4.69, 9.17) is 0 Å². The van der Waals surface area contributed by atoms with Gasteiger partial charge in [-0.15, -0.1) is 11.3 Å². The smallest absolute Gasteiger partial charge is 0.249 e. The van der Waals surface area contributed by atoms with Crippen molar-refractivity contribution < 1.29 is 9.59 Å². The molecule has 0 aliphatic carbocycles. The fraction of sp³-hybridized carbons (Fsp3) is 0.500. The first kappa shape index (κ1) is 11.1. The molecule has 1 aromatic rings. The van der Waals surface area contributed by atoms with Crippen molar-refractivity contribution >= 4 is 28.3 Å². The Morgan fingerprint density at radius 2 is 2.44 bits per heavy atom. The van der Waals surface area contributed by atoms with Gasteiger partial charge in [-0.05, 0) is 12.8 Å². The molecule has 1 atom stereocenters. The van der Waals surface area contributed by atoms with E-state index in [9.17, 15) is 9.59 Å². The number of carbonyl (C=O) groups excluding carboxylic acids is 2. The molecule has 16 heavy (non-hydrogen) atoms. The van der Waals surface area contributed by atoms with Gasteiger partial charge in [-0.2, -0.15) is 0 Å². The van der Waals surface area contributed by atoms with Crippen molar-refractivity contribution in [2.45, 2.75) is 32.2 Å². The fourth-order valence-corrected chi connectivity index (χ4v) is 2.36. The summed E-state index contributed by atoms with van der Waals surface area (Å²) in [5.74, 6) is -0.457. The Bertz CT molecular complexity index is 416. The SMILES string of the molecule is CCc1csc(NC2CCC(=O)NC2=O)n1. The van der Waals surface area contributed by atoms with Crippen LogP contribution in [0.4, 0.5) is 5.13 Å². The maximum Gasteiger partial charge on any atom is 0.249 e. The summed E-state index contributed by atoms with van der Waals surface area (Å²) in [6.07, 6.45) is 1.80. The summed E-state index contributed by atoms with van der Waals surface area (Å²) in [5, 5.41) is 8.06. The number of nitrogens with one attached hydrogen (secondary N) is 2. The average Bonchev–Trinajstić information content (AvgIpc) is 2.70. The first-order valence-electron chi connectivity index (χ1n) is 5.23. The van der Waals surface area contributed by atoms with E-state index in [0.717, 1.165) is 17.2 Å². The summed E-state index contributed by atoms with van der Waals surface area (Å²) in [7, 11) is 0. The van der Waals surface area contributed by atoms with Crippen LogP contribution in [0, 0.1) is 0 Å². The Hall–Kier alpha value is -1.43. The maximum absolute atomic E-state index is 11.5. The summed E-state index contributed by atoms with van der Waals surface area (Å²) in [6, 6.07) is -0.339. The van der Waals surface area contributed by atoms with E-state index in [1.165, 1.54) is 11.3 Å². The Morgan fingerprint density at radius 3 is 3.06 bits per heavy atom. The topological polar surface area (TPSA) is 71.1 Å². The lowest BCUT2D eigenvalue weighted by Crippen LogP contribution is -2.47. The first-order valence-corrected chi connectivity index (χ1v) is 6.11. The lowest BCUT2D eigenvalue weighted by Gasteiger charge is -2.21. The van der Waals surface area contributed by atoms with E-state index in [2.05, 4.69) is 15.6 Å². The molecule has 1 unspecified atom stereocenters. The van der Waals surface area contributed by atoms with Crippen molar-refractivity contribution in [2.75, 3.05) is 5.32 Å². The second-order valence-corrected chi connectivity index (χ2v) is 4.50. The Labute approximate surface area is 97.3 Å². The third-order valence-corrected chi connectivity index (χ3v) is 3.27. The highest BCUT2D eigenvalue weighted by molar-refractivity contribution is 7.13. The van der Waals surface area contributed by atoms with Crippen LogP contribution in [-0.2, 0) is 16.0 Å².